The van der Waals surface area contributed by atoms with E-state index in [0.29, 0.717) is 40.5 Å². The van der Waals surface area contributed by atoms with E-state index >= 15 is 0 Å². The largest absolute Gasteiger partial charge is 0.493 e. The van der Waals surface area contributed by atoms with Crippen molar-refractivity contribution < 1.29 is 23.0 Å². The Balaban J connectivity index is 1.17. The molecule has 0 amide bonds. The van der Waals surface area contributed by atoms with Crippen molar-refractivity contribution in [3.8, 4) is 34.7 Å². The first-order valence-electron chi connectivity index (χ1n) is 13.3. The molecule has 10 nitrogen and oxygen atoms in total. The van der Waals surface area contributed by atoms with Gasteiger partial charge in [-0.2, -0.15) is 0 Å². The predicted molar refractivity (Wildman–Crippen MR) is 156 cm³/mol. The molecule has 0 atom stereocenters. The Morgan fingerprint density at radius 1 is 0.952 bits per heavy atom. The summed E-state index contributed by atoms with van der Waals surface area (Å²) in [4.78, 5) is 8.69. The fraction of sp³-hybridized carbons (Fsp3) is 0.156. The average Bonchev–Trinajstić information content (AvgIpc) is 3.83. The molecule has 0 radical (unpaired) electrons. The van der Waals surface area contributed by atoms with E-state index in [1.165, 1.54) is 0 Å². The Kier molecular flexibility index (Phi) is 7.58. The minimum absolute atomic E-state index is 0.214. The third kappa shape index (κ3) is 5.83. The molecule has 10 heteroatoms. The number of methoxy groups -OCH3 is 1. The molecule has 0 N–H and O–H groups in total. The predicted octanol–water partition coefficient (Wildman–Crippen LogP) is 6.50. The van der Waals surface area contributed by atoms with Crippen molar-refractivity contribution in [1.29, 1.82) is 0 Å². The molecule has 6 rings (SSSR count). The topological polar surface area (TPSA) is 102 Å². The van der Waals surface area contributed by atoms with Crippen LogP contribution in [0.1, 0.15) is 28.3 Å². The van der Waals surface area contributed by atoms with Gasteiger partial charge < -0.3 is 27.6 Å². The van der Waals surface area contributed by atoms with E-state index in [-0.39, 0.29) is 13.2 Å². The summed E-state index contributed by atoms with van der Waals surface area (Å²) in [5, 5.41) is 4.71. The van der Waals surface area contributed by atoms with Gasteiger partial charge >= 0.3 is 0 Å². The molecule has 42 heavy (non-hydrogen) atoms. The maximum Gasteiger partial charge on any atom is 0.263 e. The van der Waals surface area contributed by atoms with Crippen LogP contribution in [0.15, 0.2) is 94.5 Å². The minimum atomic E-state index is 0.214. The fourth-order valence-corrected chi connectivity index (χ4v) is 4.30. The Bertz CT molecular complexity index is 1800. The molecule has 0 fully saturated rings. The van der Waals surface area contributed by atoms with Gasteiger partial charge in [0.1, 0.15) is 24.7 Å². The van der Waals surface area contributed by atoms with Crippen molar-refractivity contribution in [1.82, 2.24) is 24.3 Å². The van der Waals surface area contributed by atoms with E-state index in [0.717, 1.165) is 22.5 Å². The monoisotopic (exact) mass is 563 g/mol. The molecule has 0 saturated carbocycles. The van der Waals surface area contributed by atoms with Crippen molar-refractivity contribution in [3.05, 3.63) is 114 Å². The highest BCUT2D eigenvalue weighted by Gasteiger charge is 2.16. The van der Waals surface area contributed by atoms with E-state index < -0.39 is 0 Å². The number of aromatic nitrogens is 5. The molecule has 0 saturated heterocycles. The van der Waals surface area contributed by atoms with E-state index in [9.17, 15) is 0 Å². The van der Waals surface area contributed by atoms with Gasteiger partial charge in [-0.25, -0.2) is 14.6 Å². The van der Waals surface area contributed by atoms with Crippen molar-refractivity contribution in [2.24, 2.45) is 7.05 Å². The summed E-state index contributed by atoms with van der Waals surface area (Å²) in [6.07, 6.45) is 11.0. The zero-order chi connectivity index (χ0) is 28.9. The number of para-hydroxylation sites is 1. The molecule has 4 aromatic heterocycles. The molecule has 2 aromatic carbocycles. The maximum absolute atomic E-state index is 6.21. The SMILES string of the molecule is COc1cc(COc2nn(-c3ccccc3)cc2/C=C/c2cncn2C)ccc1OCc1nc(-c2ccco2)oc1C. The minimum Gasteiger partial charge on any atom is -0.493 e. The van der Waals surface area contributed by atoms with Crippen molar-refractivity contribution in [3.63, 3.8) is 0 Å². The van der Waals surface area contributed by atoms with Crippen molar-refractivity contribution in [2.75, 3.05) is 7.11 Å². The lowest BCUT2D eigenvalue weighted by molar-refractivity contribution is 0.275. The summed E-state index contributed by atoms with van der Waals surface area (Å²) >= 11 is 0. The van der Waals surface area contributed by atoms with Crippen LogP contribution < -0.4 is 14.2 Å². The second-order valence-corrected chi connectivity index (χ2v) is 9.49. The Morgan fingerprint density at radius 3 is 2.60 bits per heavy atom. The number of imidazole rings is 1. The summed E-state index contributed by atoms with van der Waals surface area (Å²) in [6, 6.07) is 19.2. The van der Waals surface area contributed by atoms with Crippen LogP contribution in [-0.2, 0) is 20.3 Å². The van der Waals surface area contributed by atoms with Gasteiger partial charge in [0.05, 0.1) is 42.8 Å². The van der Waals surface area contributed by atoms with Crippen molar-refractivity contribution in [2.45, 2.75) is 20.1 Å². The summed E-state index contributed by atoms with van der Waals surface area (Å²) in [5.41, 5.74) is 4.31. The normalized spacial score (nSPS) is 11.3. The number of oxazole rings is 1. The average molecular weight is 564 g/mol. The van der Waals surface area contributed by atoms with Gasteiger partial charge in [0.2, 0.25) is 5.88 Å². The summed E-state index contributed by atoms with van der Waals surface area (Å²) in [7, 11) is 3.55. The molecule has 0 unspecified atom stereocenters. The lowest BCUT2D eigenvalue weighted by Gasteiger charge is -2.12. The van der Waals surface area contributed by atoms with E-state index in [4.69, 9.17) is 28.1 Å². The molecular weight excluding hydrogens is 534 g/mol. The third-order valence-corrected chi connectivity index (χ3v) is 6.61. The Hall–Kier alpha value is -5.51. The van der Waals surface area contributed by atoms with Crippen LogP contribution in [0.25, 0.3) is 29.5 Å². The Morgan fingerprint density at radius 2 is 1.83 bits per heavy atom. The van der Waals surface area contributed by atoms with E-state index in [1.54, 1.807) is 42.7 Å². The molecule has 4 heterocycles. The second kappa shape index (κ2) is 11.9. The number of nitrogens with zero attached hydrogens (tertiary/aromatic N) is 5. The summed E-state index contributed by atoms with van der Waals surface area (Å²) in [5.74, 6) is 3.31. The van der Waals surface area contributed by atoms with Crippen LogP contribution in [0, 0.1) is 6.92 Å². The van der Waals surface area contributed by atoms with Crippen LogP contribution in [0.2, 0.25) is 0 Å². The molecule has 6 aromatic rings. The fourth-order valence-electron chi connectivity index (χ4n) is 4.30. The van der Waals surface area contributed by atoms with Gasteiger partial charge in [0.25, 0.3) is 5.89 Å². The van der Waals surface area contributed by atoms with Crippen LogP contribution in [0.3, 0.4) is 0 Å². The number of hydrogen-bond donors (Lipinski definition) is 0. The highest BCUT2D eigenvalue weighted by atomic mass is 16.5. The van der Waals surface area contributed by atoms with Gasteiger partial charge in [-0.3, -0.25) is 0 Å². The van der Waals surface area contributed by atoms with Crippen LogP contribution in [0.4, 0.5) is 0 Å². The van der Waals surface area contributed by atoms with Gasteiger partial charge in [0, 0.05) is 13.2 Å². The number of furan rings is 1. The first-order valence-corrected chi connectivity index (χ1v) is 13.3. The first kappa shape index (κ1) is 26.7. The summed E-state index contributed by atoms with van der Waals surface area (Å²) in [6.45, 7) is 2.34. The maximum atomic E-state index is 6.21. The third-order valence-electron chi connectivity index (χ3n) is 6.61. The standard InChI is InChI=1S/C32H29N5O5/c1-22-27(34-32(42-22)29-10-7-15-39-29)20-40-28-14-11-23(16-30(28)38-3)19-41-31-24(12-13-26-17-33-21-36(26)2)18-37(35-31)25-8-5-4-6-9-25/h4-18,21H,19-20H2,1-3H3/b13-12+. The summed E-state index contributed by atoms with van der Waals surface area (Å²) < 4.78 is 32.7. The molecule has 0 aliphatic heterocycles. The van der Waals surface area contributed by atoms with Gasteiger partial charge in [-0.05, 0) is 61.0 Å². The number of ether oxygens (including phenoxy) is 3. The number of rotatable bonds is 11. The highest BCUT2D eigenvalue weighted by Crippen LogP contribution is 2.31. The lowest BCUT2D eigenvalue weighted by Crippen LogP contribution is -2.02. The molecule has 212 valence electrons. The number of aryl methyl sites for hydroxylation is 2. The molecule has 0 spiro atoms. The first-order chi connectivity index (χ1) is 20.6. The van der Waals surface area contributed by atoms with E-state index in [1.807, 2.05) is 85.4 Å². The zero-order valence-corrected chi connectivity index (χ0v) is 23.4. The van der Waals surface area contributed by atoms with Crippen LogP contribution in [0.5, 0.6) is 17.4 Å². The van der Waals surface area contributed by atoms with Gasteiger partial charge in [-0.1, -0.05) is 24.3 Å². The Labute approximate surface area is 242 Å². The lowest BCUT2D eigenvalue weighted by atomic mass is 10.2. The molecule has 0 aliphatic rings. The second-order valence-electron chi connectivity index (χ2n) is 9.49. The van der Waals surface area contributed by atoms with E-state index in [2.05, 4.69) is 9.97 Å². The molecule has 0 aliphatic carbocycles. The molecule has 0 bridgehead atoms. The molecular formula is C32H29N5O5. The van der Waals surface area contributed by atoms with Crippen LogP contribution in [-0.4, -0.2) is 31.4 Å². The smallest absolute Gasteiger partial charge is 0.263 e. The van der Waals surface area contributed by atoms with Gasteiger partial charge in [0.15, 0.2) is 17.3 Å². The quantitative estimate of drug-likeness (QED) is 0.176. The van der Waals surface area contributed by atoms with Gasteiger partial charge in [-0.15, -0.1) is 5.10 Å². The zero-order valence-electron chi connectivity index (χ0n) is 23.4. The van der Waals surface area contributed by atoms with Crippen molar-refractivity contribution >= 4 is 12.2 Å². The number of benzene rings is 2. The highest BCUT2D eigenvalue weighted by molar-refractivity contribution is 5.70. The number of hydrogen-bond acceptors (Lipinski definition) is 8. The van der Waals surface area contributed by atoms with Crippen LogP contribution >= 0.6 is 0 Å².